The van der Waals surface area contributed by atoms with Gasteiger partial charge in [0.1, 0.15) is 4.34 Å². The van der Waals surface area contributed by atoms with Gasteiger partial charge in [-0.1, -0.05) is 51.6 Å². The summed E-state index contributed by atoms with van der Waals surface area (Å²) in [6, 6.07) is 0. The second-order valence-electron chi connectivity index (χ2n) is 4.83. The molecular formula is C13H22ClNS. The van der Waals surface area contributed by atoms with E-state index in [2.05, 4.69) is 32.1 Å². The van der Waals surface area contributed by atoms with Crippen molar-refractivity contribution >= 4 is 23.1 Å². The lowest BCUT2D eigenvalue weighted by atomic mass is 9.75. The summed E-state index contributed by atoms with van der Waals surface area (Å²) in [5.74, 6) is 0. The first kappa shape index (κ1) is 14.0. The molecule has 0 bridgehead atoms. The van der Waals surface area contributed by atoms with Crippen LogP contribution in [-0.4, -0.2) is 4.37 Å². The Balaban J connectivity index is 3.00. The zero-order valence-electron chi connectivity index (χ0n) is 10.8. The van der Waals surface area contributed by atoms with E-state index in [-0.39, 0.29) is 5.41 Å². The van der Waals surface area contributed by atoms with Crippen LogP contribution >= 0.6 is 23.1 Å². The average molecular weight is 260 g/mol. The Morgan fingerprint density at radius 2 is 1.94 bits per heavy atom. The second kappa shape index (κ2) is 6.02. The average Bonchev–Trinajstić information content (AvgIpc) is 2.56. The Hall–Kier alpha value is -0.0800. The summed E-state index contributed by atoms with van der Waals surface area (Å²) >= 11 is 7.73. The summed E-state index contributed by atoms with van der Waals surface area (Å²) in [7, 11) is 0. The maximum Gasteiger partial charge on any atom is 0.117 e. The van der Waals surface area contributed by atoms with Gasteiger partial charge in [-0.15, -0.1) is 0 Å². The van der Waals surface area contributed by atoms with E-state index >= 15 is 0 Å². The van der Waals surface area contributed by atoms with E-state index in [4.69, 9.17) is 11.6 Å². The van der Waals surface area contributed by atoms with Gasteiger partial charge in [0.2, 0.25) is 0 Å². The molecule has 1 unspecified atom stereocenters. The summed E-state index contributed by atoms with van der Waals surface area (Å²) < 4.78 is 5.28. The highest BCUT2D eigenvalue weighted by molar-refractivity contribution is 7.10. The lowest BCUT2D eigenvalue weighted by Gasteiger charge is -2.29. The van der Waals surface area contributed by atoms with Gasteiger partial charge in [-0.2, -0.15) is 4.37 Å². The van der Waals surface area contributed by atoms with Gasteiger partial charge in [0, 0.05) is 5.56 Å². The Morgan fingerprint density at radius 1 is 1.25 bits per heavy atom. The summed E-state index contributed by atoms with van der Waals surface area (Å²) in [4.78, 5) is 0. The molecule has 1 nitrogen and oxygen atoms in total. The third-order valence-corrected chi connectivity index (χ3v) is 4.43. The van der Waals surface area contributed by atoms with E-state index in [0.29, 0.717) is 0 Å². The van der Waals surface area contributed by atoms with Gasteiger partial charge in [0.05, 0.1) is 5.69 Å². The smallest absolute Gasteiger partial charge is 0.117 e. The molecule has 0 aliphatic rings. The number of aryl methyl sites for hydroxylation is 1. The van der Waals surface area contributed by atoms with Crippen LogP contribution in [0.4, 0.5) is 0 Å². The maximum absolute atomic E-state index is 6.30. The molecule has 1 atom stereocenters. The van der Waals surface area contributed by atoms with Crippen LogP contribution in [0.1, 0.15) is 64.1 Å². The molecule has 1 aromatic heterocycles. The van der Waals surface area contributed by atoms with Crippen molar-refractivity contribution in [2.24, 2.45) is 0 Å². The molecule has 0 saturated carbocycles. The first-order valence-corrected chi connectivity index (χ1v) is 7.32. The molecule has 0 aromatic carbocycles. The predicted molar refractivity (Wildman–Crippen MR) is 73.6 cm³/mol. The third kappa shape index (κ3) is 2.98. The third-order valence-electron chi connectivity index (χ3n) is 3.31. The molecule has 1 aromatic rings. The molecule has 92 valence electrons. The molecule has 0 radical (unpaired) electrons. The number of aromatic nitrogens is 1. The lowest BCUT2D eigenvalue weighted by Crippen LogP contribution is -2.22. The molecule has 3 heteroatoms. The Labute approximate surface area is 108 Å². The Bertz CT molecular complexity index is 315. The van der Waals surface area contributed by atoms with Crippen LogP contribution in [0.5, 0.6) is 0 Å². The molecule has 0 saturated heterocycles. The van der Waals surface area contributed by atoms with Crippen LogP contribution in [0, 0.1) is 6.92 Å². The second-order valence-corrected chi connectivity index (χ2v) is 6.21. The summed E-state index contributed by atoms with van der Waals surface area (Å²) in [5, 5.41) is 0. The molecule has 0 amide bonds. The van der Waals surface area contributed by atoms with Crippen molar-refractivity contribution in [3.63, 3.8) is 0 Å². The first-order valence-electron chi connectivity index (χ1n) is 6.17. The van der Waals surface area contributed by atoms with Gasteiger partial charge in [0.25, 0.3) is 0 Å². The van der Waals surface area contributed by atoms with E-state index in [1.165, 1.54) is 49.2 Å². The number of nitrogens with zero attached hydrogens (tertiary/aromatic N) is 1. The van der Waals surface area contributed by atoms with Gasteiger partial charge >= 0.3 is 0 Å². The molecular weight excluding hydrogens is 238 g/mol. The highest BCUT2D eigenvalue weighted by atomic mass is 35.5. The molecule has 16 heavy (non-hydrogen) atoms. The molecule has 0 spiro atoms. The first-order chi connectivity index (χ1) is 7.55. The van der Waals surface area contributed by atoms with Gasteiger partial charge in [-0.05, 0) is 36.7 Å². The van der Waals surface area contributed by atoms with Crippen molar-refractivity contribution in [3.8, 4) is 0 Å². The minimum Gasteiger partial charge on any atom is -0.196 e. The van der Waals surface area contributed by atoms with E-state index < -0.39 is 0 Å². The van der Waals surface area contributed by atoms with Crippen molar-refractivity contribution < 1.29 is 0 Å². The number of hydrogen-bond donors (Lipinski definition) is 0. The largest absolute Gasteiger partial charge is 0.196 e. The molecule has 0 aliphatic carbocycles. The topological polar surface area (TPSA) is 12.9 Å². The van der Waals surface area contributed by atoms with Crippen LogP contribution in [0.3, 0.4) is 0 Å². The minimum absolute atomic E-state index is 0.221. The monoisotopic (exact) mass is 259 g/mol. The fraction of sp³-hybridized carbons (Fsp3) is 0.769. The molecule has 1 heterocycles. The van der Waals surface area contributed by atoms with Gasteiger partial charge < -0.3 is 0 Å². The van der Waals surface area contributed by atoms with Crippen molar-refractivity contribution in [1.82, 2.24) is 4.37 Å². The van der Waals surface area contributed by atoms with Crippen LogP contribution in [0.25, 0.3) is 0 Å². The van der Waals surface area contributed by atoms with Gasteiger partial charge in [-0.25, -0.2) is 0 Å². The van der Waals surface area contributed by atoms with Crippen molar-refractivity contribution in [1.29, 1.82) is 0 Å². The predicted octanol–water partition coefficient (Wildman–Crippen LogP) is 5.35. The normalized spacial score (nSPS) is 15.1. The quantitative estimate of drug-likeness (QED) is 0.671. The summed E-state index contributed by atoms with van der Waals surface area (Å²) in [6.45, 7) is 8.91. The van der Waals surface area contributed by atoms with Crippen molar-refractivity contribution in [3.05, 3.63) is 15.6 Å². The fourth-order valence-electron chi connectivity index (χ4n) is 2.51. The highest BCUT2D eigenvalue weighted by Crippen LogP contribution is 2.41. The van der Waals surface area contributed by atoms with Crippen LogP contribution < -0.4 is 0 Å². The fourth-order valence-corrected chi connectivity index (χ4v) is 3.77. The van der Waals surface area contributed by atoms with Crippen molar-refractivity contribution in [2.75, 3.05) is 0 Å². The van der Waals surface area contributed by atoms with Gasteiger partial charge in [-0.3, -0.25) is 0 Å². The zero-order valence-corrected chi connectivity index (χ0v) is 12.3. The SMILES string of the molecule is CCCCC(C)(CCC)c1c(C)nsc1Cl. The van der Waals surface area contributed by atoms with E-state index in [1.54, 1.807) is 0 Å². The standard InChI is InChI=1S/C13H22ClNS/c1-5-7-9-13(4,8-6-2)11-10(3)15-16-12(11)14/h5-9H2,1-4H3. The van der Waals surface area contributed by atoms with Crippen LogP contribution in [0.15, 0.2) is 0 Å². The maximum atomic E-state index is 6.30. The molecule has 0 N–H and O–H groups in total. The number of hydrogen-bond acceptors (Lipinski definition) is 2. The van der Waals surface area contributed by atoms with Gasteiger partial charge in [0.15, 0.2) is 0 Å². The number of rotatable bonds is 6. The molecule has 0 aliphatic heterocycles. The Morgan fingerprint density at radius 3 is 2.38 bits per heavy atom. The zero-order chi connectivity index (χ0) is 12.2. The number of unbranched alkanes of at least 4 members (excludes halogenated alkanes) is 1. The minimum atomic E-state index is 0.221. The van der Waals surface area contributed by atoms with Crippen molar-refractivity contribution in [2.45, 2.75) is 65.2 Å². The summed E-state index contributed by atoms with van der Waals surface area (Å²) in [6.07, 6.45) is 6.13. The Kier molecular flexibility index (Phi) is 5.26. The molecule has 1 rings (SSSR count). The van der Waals surface area contributed by atoms with Crippen LogP contribution in [-0.2, 0) is 5.41 Å². The van der Waals surface area contributed by atoms with Crippen LogP contribution in [0.2, 0.25) is 4.34 Å². The number of halogens is 1. The van der Waals surface area contributed by atoms with E-state index in [9.17, 15) is 0 Å². The molecule has 0 fully saturated rings. The van der Waals surface area contributed by atoms with E-state index in [0.717, 1.165) is 10.0 Å². The highest BCUT2D eigenvalue weighted by Gasteiger charge is 2.30. The van der Waals surface area contributed by atoms with E-state index in [1.807, 2.05) is 0 Å². The lowest BCUT2D eigenvalue weighted by molar-refractivity contribution is 0.381. The summed E-state index contributed by atoms with van der Waals surface area (Å²) in [5.41, 5.74) is 2.65.